The maximum atomic E-state index is 5.80. The molecule has 1 rings (SSSR count). The quantitative estimate of drug-likeness (QED) is 0.755. The Kier molecular flexibility index (Phi) is 7.46. The van der Waals surface area contributed by atoms with Crippen LogP contribution in [0.4, 0.5) is 0 Å². The molecule has 2 N–H and O–H groups in total. The third-order valence-electron chi connectivity index (χ3n) is 2.79. The van der Waals surface area contributed by atoms with Crippen molar-refractivity contribution in [2.45, 2.75) is 46.3 Å². The predicted molar refractivity (Wildman–Crippen MR) is 81.0 cm³/mol. The molecule has 5 heteroatoms. The number of nitrogens with zero attached hydrogens (tertiary/aromatic N) is 2. The van der Waals surface area contributed by atoms with E-state index in [9.17, 15) is 0 Å². The van der Waals surface area contributed by atoms with Gasteiger partial charge in [-0.2, -0.15) is 16.7 Å². The highest BCUT2D eigenvalue weighted by atomic mass is 32.2. The molecule has 0 radical (unpaired) electrons. The van der Waals surface area contributed by atoms with Gasteiger partial charge in [0.05, 0.1) is 5.75 Å². The number of nitrogens with two attached hydrogens (primary N) is 1. The maximum Gasteiger partial charge on any atom is 0.226 e. The van der Waals surface area contributed by atoms with Crippen molar-refractivity contribution in [2.75, 3.05) is 12.3 Å². The van der Waals surface area contributed by atoms with Gasteiger partial charge in [0, 0.05) is 6.42 Å². The summed E-state index contributed by atoms with van der Waals surface area (Å²) in [5.74, 6) is 5.29. The largest absolute Gasteiger partial charge is 0.339 e. The number of aromatic nitrogens is 2. The second-order valence-electron chi connectivity index (χ2n) is 5.95. The van der Waals surface area contributed by atoms with E-state index in [1.165, 1.54) is 0 Å². The molecule has 0 aromatic carbocycles. The van der Waals surface area contributed by atoms with Gasteiger partial charge in [-0.25, -0.2) is 0 Å². The molecule has 4 nitrogen and oxygen atoms in total. The van der Waals surface area contributed by atoms with Crippen molar-refractivity contribution < 1.29 is 4.52 Å². The van der Waals surface area contributed by atoms with E-state index in [4.69, 9.17) is 10.3 Å². The lowest BCUT2D eigenvalue weighted by Gasteiger charge is -2.14. The molecule has 0 aliphatic rings. The van der Waals surface area contributed by atoms with Crippen LogP contribution >= 0.6 is 11.8 Å². The van der Waals surface area contributed by atoms with Gasteiger partial charge < -0.3 is 10.3 Å². The molecule has 0 unspecified atom stereocenters. The lowest BCUT2D eigenvalue weighted by Crippen LogP contribution is -2.19. The Bertz CT molecular complexity index is 352. The monoisotopic (exact) mass is 285 g/mol. The third kappa shape index (κ3) is 6.97. The minimum atomic E-state index is 0.441. The van der Waals surface area contributed by atoms with Crippen LogP contribution in [0.3, 0.4) is 0 Å². The van der Waals surface area contributed by atoms with Gasteiger partial charge in [0.25, 0.3) is 0 Å². The van der Waals surface area contributed by atoms with Crippen molar-refractivity contribution >= 4 is 11.8 Å². The van der Waals surface area contributed by atoms with Gasteiger partial charge in [-0.3, -0.25) is 0 Å². The molecule has 19 heavy (non-hydrogen) atoms. The van der Waals surface area contributed by atoms with Crippen LogP contribution in [0.15, 0.2) is 4.52 Å². The number of hydrogen-bond donors (Lipinski definition) is 1. The fourth-order valence-electron chi connectivity index (χ4n) is 1.99. The second-order valence-corrected chi connectivity index (χ2v) is 6.98. The zero-order chi connectivity index (χ0) is 14.3. The molecule has 1 aromatic rings. The van der Waals surface area contributed by atoms with Gasteiger partial charge in [0.15, 0.2) is 5.82 Å². The first-order valence-electron chi connectivity index (χ1n) is 7.10. The minimum Gasteiger partial charge on any atom is -0.339 e. The summed E-state index contributed by atoms with van der Waals surface area (Å²) in [7, 11) is 0. The Morgan fingerprint density at radius 2 is 1.95 bits per heavy atom. The zero-order valence-corrected chi connectivity index (χ0v) is 13.4. The van der Waals surface area contributed by atoms with E-state index in [1.54, 1.807) is 0 Å². The van der Waals surface area contributed by atoms with Crippen LogP contribution < -0.4 is 5.73 Å². The molecule has 0 saturated heterocycles. The molecule has 1 atom stereocenters. The van der Waals surface area contributed by atoms with Crippen LogP contribution in [0.5, 0.6) is 0 Å². The highest BCUT2D eigenvalue weighted by molar-refractivity contribution is 7.98. The van der Waals surface area contributed by atoms with Crippen LogP contribution in [0, 0.1) is 17.8 Å². The van der Waals surface area contributed by atoms with Gasteiger partial charge in [0.2, 0.25) is 5.89 Å². The Balaban J connectivity index is 2.40. The van der Waals surface area contributed by atoms with E-state index in [0.717, 1.165) is 36.1 Å². The molecule has 0 bridgehead atoms. The summed E-state index contributed by atoms with van der Waals surface area (Å²) in [4.78, 5) is 4.45. The van der Waals surface area contributed by atoms with E-state index < -0.39 is 0 Å². The van der Waals surface area contributed by atoms with E-state index in [2.05, 4.69) is 37.8 Å². The molecule has 1 heterocycles. The second kappa shape index (κ2) is 8.59. The number of rotatable bonds is 9. The average Bonchev–Trinajstić information content (AvgIpc) is 2.75. The zero-order valence-electron chi connectivity index (χ0n) is 12.6. The molecular formula is C14H27N3OS. The molecular weight excluding hydrogens is 258 g/mol. The predicted octanol–water partition coefficient (Wildman–Crippen LogP) is 3.12. The summed E-state index contributed by atoms with van der Waals surface area (Å²) in [5.41, 5.74) is 5.80. The fourth-order valence-corrected chi connectivity index (χ4v) is 2.88. The van der Waals surface area contributed by atoms with Crippen molar-refractivity contribution in [1.29, 1.82) is 0 Å². The van der Waals surface area contributed by atoms with Crippen LogP contribution in [-0.4, -0.2) is 22.4 Å². The summed E-state index contributed by atoms with van der Waals surface area (Å²) in [6, 6.07) is 0. The van der Waals surface area contributed by atoms with Gasteiger partial charge in [-0.1, -0.05) is 32.9 Å². The molecule has 0 amide bonds. The van der Waals surface area contributed by atoms with E-state index in [-0.39, 0.29) is 0 Å². The average molecular weight is 285 g/mol. The molecule has 0 saturated carbocycles. The fraction of sp³-hybridized carbons (Fsp3) is 0.857. The third-order valence-corrected chi connectivity index (χ3v) is 4.16. The van der Waals surface area contributed by atoms with Gasteiger partial charge >= 0.3 is 0 Å². The SMILES string of the molecule is CC(C)CSCc1noc(C[C@@H](CN)CC(C)C)n1. The summed E-state index contributed by atoms with van der Waals surface area (Å²) < 4.78 is 5.31. The molecule has 0 aliphatic carbocycles. The number of hydrogen-bond acceptors (Lipinski definition) is 5. The lowest BCUT2D eigenvalue weighted by atomic mass is 9.94. The summed E-state index contributed by atoms with van der Waals surface area (Å²) in [5, 5.41) is 4.03. The van der Waals surface area contributed by atoms with E-state index in [1.807, 2.05) is 11.8 Å². The molecule has 0 aliphatic heterocycles. The Morgan fingerprint density at radius 1 is 1.21 bits per heavy atom. The molecule has 110 valence electrons. The highest BCUT2D eigenvalue weighted by Gasteiger charge is 2.15. The van der Waals surface area contributed by atoms with Crippen LogP contribution in [0.1, 0.15) is 45.8 Å². The first-order valence-corrected chi connectivity index (χ1v) is 8.26. The first-order chi connectivity index (χ1) is 9.01. The van der Waals surface area contributed by atoms with Crippen molar-refractivity contribution in [3.8, 4) is 0 Å². The van der Waals surface area contributed by atoms with Crippen molar-refractivity contribution in [2.24, 2.45) is 23.5 Å². The highest BCUT2D eigenvalue weighted by Crippen LogP contribution is 2.17. The van der Waals surface area contributed by atoms with Crippen molar-refractivity contribution in [3.63, 3.8) is 0 Å². The van der Waals surface area contributed by atoms with Crippen LogP contribution in [0.25, 0.3) is 0 Å². The summed E-state index contributed by atoms with van der Waals surface area (Å²) in [6.07, 6.45) is 1.91. The molecule has 0 spiro atoms. The van der Waals surface area contributed by atoms with Gasteiger partial charge in [-0.15, -0.1) is 0 Å². The summed E-state index contributed by atoms with van der Waals surface area (Å²) >= 11 is 1.85. The molecule has 0 fully saturated rings. The normalized spacial score (nSPS) is 13.4. The lowest BCUT2D eigenvalue weighted by molar-refractivity contribution is 0.330. The first kappa shape index (κ1) is 16.5. The maximum absolute atomic E-state index is 5.80. The van der Waals surface area contributed by atoms with Crippen LogP contribution in [-0.2, 0) is 12.2 Å². The summed E-state index contributed by atoms with van der Waals surface area (Å²) in [6.45, 7) is 9.53. The van der Waals surface area contributed by atoms with Crippen molar-refractivity contribution in [1.82, 2.24) is 10.1 Å². The number of thioether (sulfide) groups is 1. The molecule has 1 aromatic heterocycles. The van der Waals surface area contributed by atoms with E-state index in [0.29, 0.717) is 24.3 Å². The Hall–Kier alpha value is -0.550. The topological polar surface area (TPSA) is 64.9 Å². The van der Waals surface area contributed by atoms with Crippen LogP contribution in [0.2, 0.25) is 0 Å². The van der Waals surface area contributed by atoms with Gasteiger partial charge in [0.1, 0.15) is 0 Å². The smallest absolute Gasteiger partial charge is 0.226 e. The van der Waals surface area contributed by atoms with Crippen molar-refractivity contribution in [3.05, 3.63) is 11.7 Å². The standard InChI is InChI=1S/C14H27N3OS/c1-10(2)5-12(7-15)6-14-16-13(17-18-14)9-19-8-11(3)4/h10-12H,5-9,15H2,1-4H3/t12-/m0/s1. The Labute approximate surface area is 120 Å². The Morgan fingerprint density at radius 3 is 2.53 bits per heavy atom. The van der Waals surface area contributed by atoms with E-state index >= 15 is 0 Å². The minimum absolute atomic E-state index is 0.441. The van der Waals surface area contributed by atoms with Gasteiger partial charge in [-0.05, 0) is 36.5 Å².